The van der Waals surface area contributed by atoms with E-state index in [-0.39, 0.29) is 11.8 Å². The van der Waals surface area contributed by atoms with E-state index in [1.165, 1.54) is 83.5 Å². The normalized spacial score (nSPS) is 10.9. The summed E-state index contributed by atoms with van der Waals surface area (Å²) < 4.78 is 0. The molecule has 0 radical (unpaired) electrons. The highest BCUT2D eigenvalue weighted by Crippen LogP contribution is 2.13. The smallest absolute Gasteiger partial charge is 0.253 e. The zero-order valence-corrected chi connectivity index (χ0v) is 22.3. The van der Waals surface area contributed by atoms with E-state index in [1.54, 1.807) is 29.2 Å². The first-order valence-electron chi connectivity index (χ1n) is 14.0. The number of nitrogens with zero attached hydrogens (tertiary/aromatic N) is 1. The number of nitrogens with one attached hydrogen (secondary N) is 2. The zero-order valence-electron chi connectivity index (χ0n) is 22.3. The molecule has 1 rings (SSSR count). The summed E-state index contributed by atoms with van der Waals surface area (Å²) in [6, 6.07) is 7.14. The monoisotopic (exact) mass is 473 g/mol. The predicted octanol–water partition coefficient (Wildman–Crippen LogP) is 7.18. The molecule has 34 heavy (non-hydrogen) atoms. The highest BCUT2D eigenvalue weighted by molar-refractivity contribution is 5.96. The van der Waals surface area contributed by atoms with Crippen LogP contribution < -0.4 is 10.6 Å². The summed E-state index contributed by atoms with van der Waals surface area (Å²) in [6.45, 7) is 8.81. The van der Waals surface area contributed by atoms with Crippen molar-refractivity contribution in [2.45, 2.75) is 111 Å². The second-order valence-corrected chi connectivity index (χ2v) is 9.38. The van der Waals surface area contributed by atoms with Crippen LogP contribution in [0.5, 0.6) is 0 Å². The average molecular weight is 474 g/mol. The van der Waals surface area contributed by atoms with Gasteiger partial charge in [0, 0.05) is 24.3 Å². The maximum Gasteiger partial charge on any atom is 0.253 e. The van der Waals surface area contributed by atoms with E-state index in [1.807, 2.05) is 13.8 Å². The van der Waals surface area contributed by atoms with Gasteiger partial charge in [0.15, 0.2) is 0 Å². The summed E-state index contributed by atoms with van der Waals surface area (Å²) in [6.07, 6.45) is 19.0. The van der Waals surface area contributed by atoms with Crippen molar-refractivity contribution < 1.29 is 9.59 Å². The molecule has 0 fully saturated rings. The van der Waals surface area contributed by atoms with Crippen LogP contribution in [0, 0.1) is 0 Å². The minimum Gasteiger partial charge on any atom is -0.339 e. The molecule has 2 amide bonds. The molecular weight excluding hydrogens is 422 g/mol. The third-order valence-electron chi connectivity index (χ3n) is 6.46. The number of rotatable bonds is 21. The Balaban J connectivity index is 1.98. The highest BCUT2D eigenvalue weighted by Gasteiger charge is 2.12. The highest BCUT2D eigenvalue weighted by atomic mass is 16.2. The number of benzene rings is 1. The first-order valence-corrected chi connectivity index (χ1v) is 14.0. The van der Waals surface area contributed by atoms with Gasteiger partial charge >= 0.3 is 0 Å². The second kappa shape index (κ2) is 20.5. The Morgan fingerprint density at radius 1 is 0.676 bits per heavy atom. The van der Waals surface area contributed by atoms with Gasteiger partial charge in [-0.15, -0.1) is 0 Å². The third-order valence-corrected chi connectivity index (χ3v) is 6.46. The van der Waals surface area contributed by atoms with Gasteiger partial charge in [-0.2, -0.15) is 0 Å². The number of hydrogen-bond acceptors (Lipinski definition) is 3. The molecule has 5 heteroatoms. The van der Waals surface area contributed by atoms with Crippen molar-refractivity contribution in [3.05, 3.63) is 29.8 Å². The summed E-state index contributed by atoms with van der Waals surface area (Å²) in [4.78, 5) is 26.3. The van der Waals surface area contributed by atoms with Crippen LogP contribution in [-0.2, 0) is 4.79 Å². The Labute approximate surface area is 209 Å². The summed E-state index contributed by atoms with van der Waals surface area (Å²) in [5.41, 5.74) is 1.37. The molecule has 0 aliphatic heterocycles. The maximum absolute atomic E-state index is 12.3. The van der Waals surface area contributed by atoms with Crippen LogP contribution in [-0.4, -0.2) is 42.9 Å². The van der Waals surface area contributed by atoms with Crippen LogP contribution in [0.15, 0.2) is 24.3 Å². The molecule has 0 aliphatic rings. The van der Waals surface area contributed by atoms with Gasteiger partial charge in [0.1, 0.15) is 0 Å². The van der Waals surface area contributed by atoms with Crippen molar-refractivity contribution in [1.82, 2.24) is 10.2 Å². The van der Waals surface area contributed by atoms with Gasteiger partial charge in [-0.1, -0.05) is 90.4 Å². The topological polar surface area (TPSA) is 61.4 Å². The van der Waals surface area contributed by atoms with E-state index in [4.69, 9.17) is 0 Å². The molecule has 0 heterocycles. The Morgan fingerprint density at radius 3 is 1.62 bits per heavy atom. The summed E-state index contributed by atoms with van der Waals surface area (Å²) in [7, 11) is 0. The molecule has 194 valence electrons. The quantitative estimate of drug-likeness (QED) is 0.186. The number of hydrogen-bond donors (Lipinski definition) is 2. The molecular formula is C29H51N3O2. The van der Waals surface area contributed by atoms with Crippen LogP contribution in [0.3, 0.4) is 0 Å². The molecule has 1 aromatic carbocycles. The zero-order chi connectivity index (χ0) is 24.9. The minimum absolute atomic E-state index is 0.0257. The van der Waals surface area contributed by atoms with E-state index in [0.29, 0.717) is 25.2 Å². The number of carbonyl (C=O) groups excluding carboxylic acids is 2. The van der Waals surface area contributed by atoms with Gasteiger partial charge in [-0.25, -0.2) is 0 Å². The Kier molecular flexibility index (Phi) is 18.2. The lowest BCUT2D eigenvalue weighted by atomic mass is 10.0. The Bertz CT molecular complexity index is 641. The van der Waals surface area contributed by atoms with Crippen molar-refractivity contribution in [1.29, 1.82) is 0 Å². The van der Waals surface area contributed by atoms with E-state index in [9.17, 15) is 9.59 Å². The molecule has 5 nitrogen and oxygen atoms in total. The lowest BCUT2D eigenvalue weighted by Crippen LogP contribution is -2.30. The van der Waals surface area contributed by atoms with Crippen molar-refractivity contribution in [2.75, 3.05) is 31.5 Å². The summed E-state index contributed by atoms with van der Waals surface area (Å²) >= 11 is 0. The van der Waals surface area contributed by atoms with Gasteiger partial charge in [-0.3, -0.25) is 9.59 Å². The van der Waals surface area contributed by atoms with Crippen molar-refractivity contribution >= 4 is 17.5 Å². The van der Waals surface area contributed by atoms with E-state index < -0.39 is 0 Å². The number of anilines is 1. The fourth-order valence-electron chi connectivity index (χ4n) is 4.24. The molecule has 0 aliphatic carbocycles. The maximum atomic E-state index is 12.3. The van der Waals surface area contributed by atoms with E-state index >= 15 is 0 Å². The summed E-state index contributed by atoms with van der Waals surface area (Å²) in [5, 5.41) is 6.13. The molecule has 0 spiro atoms. The van der Waals surface area contributed by atoms with Crippen molar-refractivity contribution in [3.63, 3.8) is 0 Å². The molecule has 0 aromatic heterocycles. The first kappa shape index (κ1) is 30.2. The molecule has 0 saturated heterocycles. The molecule has 1 aromatic rings. The van der Waals surface area contributed by atoms with Crippen LogP contribution >= 0.6 is 0 Å². The Hall–Kier alpha value is -1.88. The fraction of sp³-hybridized carbons (Fsp3) is 0.724. The first-order chi connectivity index (χ1) is 16.6. The SMILES string of the molecule is CCCCCCCCCCCCCCCCNCC(=O)Nc1ccc(C(=O)N(CC)CC)cc1. The van der Waals surface area contributed by atoms with Gasteiger partial charge in [0.2, 0.25) is 5.91 Å². The number of carbonyl (C=O) groups is 2. The standard InChI is InChI=1S/C29H51N3O2/c1-4-7-8-9-10-11-12-13-14-15-16-17-18-19-24-30-25-28(33)31-27-22-20-26(21-23-27)29(34)32(5-2)6-3/h20-23,30H,4-19,24-25H2,1-3H3,(H,31,33). The lowest BCUT2D eigenvalue weighted by Gasteiger charge is -2.18. The molecule has 0 atom stereocenters. The average Bonchev–Trinajstić information content (AvgIpc) is 2.85. The largest absolute Gasteiger partial charge is 0.339 e. The summed E-state index contributed by atoms with van der Waals surface area (Å²) in [5.74, 6) is -0.0223. The van der Waals surface area contributed by atoms with Crippen LogP contribution in [0.2, 0.25) is 0 Å². The predicted molar refractivity (Wildman–Crippen MR) is 146 cm³/mol. The lowest BCUT2D eigenvalue weighted by molar-refractivity contribution is -0.115. The van der Waals surface area contributed by atoms with Crippen LogP contribution in [0.1, 0.15) is 121 Å². The van der Waals surface area contributed by atoms with Crippen LogP contribution in [0.25, 0.3) is 0 Å². The Morgan fingerprint density at radius 2 is 1.15 bits per heavy atom. The van der Waals surface area contributed by atoms with E-state index in [0.717, 1.165) is 18.7 Å². The molecule has 0 bridgehead atoms. The minimum atomic E-state index is -0.0480. The molecule has 0 unspecified atom stereocenters. The van der Waals surface area contributed by atoms with Gasteiger partial charge in [0.25, 0.3) is 5.91 Å². The van der Waals surface area contributed by atoms with Gasteiger partial charge in [-0.05, 0) is 51.1 Å². The van der Waals surface area contributed by atoms with Gasteiger partial charge in [0.05, 0.1) is 6.54 Å². The molecule has 2 N–H and O–H groups in total. The second-order valence-electron chi connectivity index (χ2n) is 9.38. The number of amides is 2. The van der Waals surface area contributed by atoms with Crippen molar-refractivity contribution in [3.8, 4) is 0 Å². The van der Waals surface area contributed by atoms with Crippen LogP contribution in [0.4, 0.5) is 5.69 Å². The molecule has 0 saturated carbocycles. The fourth-order valence-corrected chi connectivity index (χ4v) is 4.24. The van der Waals surface area contributed by atoms with Gasteiger partial charge < -0.3 is 15.5 Å². The third kappa shape index (κ3) is 14.4. The van der Waals surface area contributed by atoms with Crippen molar-refractivity contribution in [2.24, 2.45) is 0 Å². The van der Waals surface area contributed by atoms with E-state index in [2.05, 4.69) is 17.6 Å². The number of unbranched alkanes of at least 4 members (excludes halogenated alkanes) is 13.